The maximum absolute atomic E-state index is 14.4. The SMILES string of the molecule is Cc1cc2c(c(C)c1C(F)(F)F)N(Cc1cccc(C(=O)O)c1)CCC[C@@H]2N(Cc1cc(C(F)(F)F)cc(C(F)(F)F)c1)c1nnn(C)n1. The number of carboxylic acid groups (broad SMARTS) is 1. The van der Waals surface area contributed by atoms with E-state index in [1.807, 2.05) is 0 Å². The fourth-order valence-corrected chi connectivity index (χ4v) is 6.38. The molecule has 0 saturated heterocycles. The molecular weight excluding hydrogens is 671 g/mol. The molecule has 0 saturated carbocycles. The number of hydrogen-bond acceptors (Lipinski definition) is 6. The van der Waals surface area contributed by atoms with Crippen molar-refractivity contribution in [2.75, 3.05) is 16.3 Å². The Kier molecular flexibility index (Phi) is 9.33. The van der Waals surface area contributed by atoms with Gasteiger partial charge in [-0.25, -0.2) is 4.79 Å². The Hall–Kier alpha value is -4.83. The van der Waals surface area contributed by atoms with E-state index in [0.29, 0.717) is 29.7 Å². The zero-order valence-electron chi connectivity index (χ0n) is 26.2. The molecule has 1 aliphatic heterocycles. The van der Waals surface area contributed by atoms with Crippen LogP contribution in [0.25, 0.3) is 0 Å². The molecule has 0 aliphatic carbocycles. The third kappa shape index (κ3) is 7.59. The Labute approximate surface area is 273 Å². The number of aromatic carboxylic acids is 1. The number of hydrogen-bond donors (Lipinski definition) is 1. The van der Waals surface area contributed by atoms with Crippen molar-refractivity contribution in [1.29, 1.82) is 0 Å². The summed E-state index contributed by atoms with van der Waals surface area (Å²) in [5.41, 5.74) is -3.70. The van der Waals surface area contributed by atoms with Crippen molar-refractivity contribution in [3.05, 3.63) is 98.6 Å². The van der Waals surface area contributed by atoms with Gasteiger partial charge in [-0.2, -0.15) is 44.3 Å². The first-order valence-electron chi connectivity index (χ1n) is 14.8. The van der Waals surface area contributed by atoms with Crippen LogP contribution in [0, 0.1) is 13.8 Å². The van der Waals surface area contributed by atoms with Crippen LogP contribution in [0.4, 0.5) is 51.1 Å². The van der Waals surface area contributed by atoms with Crippen LogP contribution in [0.15, 0.2) is 48.5 Å². The summed E-state index contributed by atoms with van der Waals surface area (Å²) in [6.07, 6.45) is -14.5. The number of benzene rings is 3. The molecule has 0 radical (unpaired) electrons. The number of halogens is 9. The summed E-state index contributed by atoms with van der Waals surface area (Å²) in [6, 6.07) is 7.48. The molecule has 2 heterocycles. The fraction of sp³-hybridized carbons (Fsp3) is 0.375. The van der Waals surface area contributed by atoms with Crippen molar-refractivity contribution in [2.45, 2.75) is 64.3 Å². The quantitative estimate of drug-likeness (QED) is 0.195. The molecule has 3 aromatic carbocycles. The molecule has 17 heteroatoms. The lowest BCUT2D eigenvalue weighted by molar-refractivity contribution is -0.143. The van der Waals surface area contributed by atoms with Crippen molar-refractivity contribution in [2.24, 2.45) is 7.05 Å². The molecule has 8 nitrogen and oxygen atoms in total. The van der Waals surface area contributed by atoms with Crippen molar-refractivity contribution >= 4 is 17.6 Å². The van der Waals surface area contributed by atoms with Crippen LogP contribution < -0.4 is 9.80 Å². The highest BCUT2D eigenvalue weighted by molar-refractivity contribution is 5.87. The number of aromatic nitrogens is 4. The van der Waals surface area contributed by atoms with Crippen molar-refractivity contribution in [3.8, 4) is 0 Å². The number of alkyl halides is 9. The highest BCUT2D eigenvalue weighted by atomic mass is 19.4. The molecule has 49 heavy (non-hydrogen) atoms. The molecule has 0 spiro atoms. The van der Waals surface area contributed by atoms with Crippen LogP contribution in [-0.2, 0) is 38.7 Å². The van der Waals surface area contributed by atoms with Crippen LogP contribution in [0.5, 0.6) is 0 Å². The predicted molar refractivity (Wildman–Crippen MR) is 159 cm³/mol. The molecule has 1 N–H and O–H groups in total. The van der Waals surface area contributed by atoms with E-state index >= 15 is 0 Å². The monoisotopic (exact) mass is 700 g/mol. The average Bonchev–Trinajstić information content (AvgIpc) is 3.33. The van der Waals surface area contributed by atoms with Gasteiger partial charge < -0.3 is 14.9 Å². The fourth-order valence-electron chi connectivity index (χ4n) is 6.38. The van der Waals surface area contributed by atoms with Gasteiger partial charge >= 0.3 is 24.5 Å². The summed E-state index contributed by atoms with van der Waals surface area (Å²) >= 11 is 0. The Morgan fingerprint density at radius 3 is 2.12 bits per heavy atom. The first-order valence-corrected chi connectivity index (χ1v) is 14.8. The number of tetrazole rings is 1. The van der Waals surface area contributed by atoms with E-state index in [1.54, 1.807) is 11.0 Å². The summed E-state index contributed by atoms with van der Waals surface area (Å²) in [6.45, 7) is 2.18. The molecule has 0 fully saturated rings. The Morgan fingerprint density at radius 1 is 0.918 bits per heavy atom. The van der Waals surface area contributed by atoms with E-state index in [-0.39, 0.29) is 59.5 Å². The normalized spacial score (nSPS) is 15.6. The summed E-state index contributed by atoms with van der Waals surface area (Å²) in [5.74, 6) is -1.36. The molecular formula is C32H29F9N6O2. The van der Waals surface area contributed by atoms with Crippen LogP contribution in [0.1, 0.15) is 73.7 Å². The predicted octanol–water partition coefficient (Wildman–Crippen LogP) is 8.13. The van der Waals surface area contributed by atoms with E-state index < -0.39 is 53.8 Å². The standard InChI is InChI=1S/C32H29F9N6O2/c1-17-10-24-25(47(29-42-44-45(3)43-29)16-20-12-22(30(33,34)35)14-23(13-20)31(36,37)38)8-5-9-46(27(24)18(2)26(17)32(39,40)41)15-19-6-4-7-21(11-19)28(48)49/h4,6-7,10-14,25H,5,8-9,15-16H2,1-3H3,(H,48,49)/t25-/m0/s1. The van der Waals surface area contributed by atoms with Gasteiger partial charge in [-0.3, -0.25) is 0 Å². The molecule has 0 bridgehead atoms. The number of anilines is 2. The van der Waals surface area contributed by atoms with Crippen LogP contribution in [0.2, 0.25) is 0 Å². The molecule has 1 aliphatic rings. The number of carbonyl (C=O) groups is 1. The number of carboxylic acids is 1. The number of nitrogens with zero attached hydrogens (tertiary/aromatic N) is 6. The van der Waals surface area contributed by atoms with E-state index in [4.69, 9.17) is 0 Å². The lowest BCUT2D eigenvalue weighted by Crippen LogP contribution is -2.31. The zero-order chi connectivity index (χ0) is 36.1. The van der Waals surface area contributed by atoms with Gasteiger partial charge in [-0.05, 0) is 90.1 Å². The highest BCUT2D eigenvalue weighted by Gasteiger charge is 2.41. The first kappa shape index (κ1) is 35.5. The molecule has 0 amide bonds. The lowest BCUT2D eigenvalue weighted by atomic mass is 9.90. The smallest absolute Gasteiger partial charge is 0.416 e. The second-order valence-electron chi connectivity index (χ2n) is 11.8. The number of aryl methyl sites for hydroxylation is 2. The van der Waals surface area contributed by atoms with Crippen molar-refractivity contribution in [3.63, 3.8) is 0 Å². The van der Waals surface area contributed by atoms with E-state index in [2.05, 4.69) is 15.4 Å². The summed E-state index contributed by atoms with van der Waals surface area (Å²) in [4.78, 5) is 15.7. The molecule has 5 rings (SSSR count). The van der Waals surface area contributed by atoms with E-state index in [1.165, 1.54) is 50.1 Å². The first-order chi connectivity index (χ1) is 22.7. The van der Waals surface area contributed by atoms with Gasteiger partial charge in [0.2, 0.25) is 0 Å². The summed E-state index contributed by atoms with van der Waals surface area (Å²) in [5, 5.41) is 21.4. The zero-order valence-corrected chi connectivity index (χ0v) is 26.2. The van der Waals surface area contributed by atoms with Crippen LogP contribution in [-0.4, -0.2) is 37.8 Å². The highest BCUT2D eigenvalue weighted by Crippen LogP contribution is 2.47. The second kappa shape index (κ2) is 12.9. The minimum Gasteiger partial charge on any atom is -0.478 e. The number of rotatable bonds is 7. The van der Waals surface area contributed by atoms with Gasteiger partial charge in [-0.15, -0.1) is 5.10 Å². The van der Waals surface area contributed by atoms with Crippen LogP contribution >= 0.6 is 0 Å². The topological polar surface area (TPSA) is 87.4 Å². The van der Waals surface area contributed by atoms with Gasteiger partial charge in [0.25, 0.3) is 5.95 Å². The third-order valence-corrected chi connectivity index (χ3v) is 8.31. The van der Waals surface area contributed by atoms with Gasteiger partial charge in [0, 0.05) is 25.3 Å². The molecule has 0 unspecified atom stereocenters. The Morgan fingerprint density at radius 2 is 1.57 bits per heavy atom. The molecule has 262 valence electrons. The summed E-state index contributed by atoms with van der Waals surface area (Å²) < 4.78 is 126. The van der Waals surface area contributed by atoms with E-state index in [9.17, 15) is 49.4 Å². The minimum absolute atomic E-state index is 0.00794. The number of fused-ring (bicyclic) bond motifs is 1. The largest absolute Gasteiger partial charge is 0.478 e. The van der Waals surface area contributed by atoms with Gasteiger partial charge in [-0.1, -0.05) is 23.3 Å². The molecule has 1 atom stereocenters. The van der Waals surface area contributed by atoms with Gasteiger partial charge in [0.05, 0.1) is 35.3 Å². The Bertz CT molecular complexity index is 1830. The van der Waals surface area contributed by atoms with Crippen LogP contribution in [0.3, 0.4) is 0 Å². The Balaban J connectivity index is 1.70. The summed E-state index contributed by atoms with van der Waals surface area (Å²) in [7, 11) is 1.40. The van der Waals surface area contributed by atoms with E-state index in [0.717, 1.165) is 4.80 Å². The van der Waals surface area contributed by atoms with Gasteiger partial charge in [0.15, 0.2) is 0 Å². The maximum atomic E-state index is 14.4. The second-order valence-corrected chi connectivity index (χ2v) is 11.8. The maximum Gasteiger partial charge on any atom is 0.416 e. The molecule has 4 aromatic rings. The average molecular weight is 701 g/mol. The lowest BCUT2D eigenvalue weighted by Gasteiger charge is -2.34. The van der Waals surface area contributed by atoms with Crippen molar-refractivity contribution < 1.29 is 49.4 Å². The third-order valence-electron chi connectivity index (χ3n) is 8.31. The van der Waals surface area contributed by atoms with Crippen molar-refractivity contribution in [1.82, 2.24) is 20.2 Å². The minimum atomic E-state index is -5.11. The van der Waals surface area contributed by atoms with Gasteiger partial charge in [0.1, 0.15) is 0 Å². The molecule has 1 aromatic heterocycles.